The summed E-state index contributed by atoms with van der Waals surface area (Å²) in [6, 6.07) is -0.632. The molecule has 0 aromatic rings. The van der Waals surface area contributed by atoms with Gasteiger partial charge in [-0.3, -0.25) is 9.36 Å². The van der Waals surface area contributed by atoms with Gasteiger partial charge in [0.2, 0.25) is 5.85 Å². The van der Waals surface area contributed by atoms with Crippen LogP contribution < -0.4 is 5.73 Å². The van der Waals surface area contributed by atoms with E-state index < -0.39 is 25.5 Å². The third-order valence-corrected chi connectivity index (χ3v) is 4.10. The Morgan fingerprint density at radius 3 is 2.00 bits per heavy atom. The number of rotatable bonds is 7. The lowest BCUT2D eigenvalue weighted by molar-refractivity contribution is -0.144. The maximum absolute atomic E-state index is 12.3. The second-order valence-electron chi connectivity index (χ2n) is 3.23. The van der Waals surface area contributed by atoms with Crippen molar-refractivity contribution in [1.29, 1.82) is 0 Å². The van der Waals surface area contributed by atoms with E-state index in [-0.39, 0.29) is 13.2 Å². The third-order valence-electron chi connectivity index (χ3n) is 1.67. The molecule has 0 aliphatic heterocycles. The molecular formula is C9H20NO5P. The smallest absolute Gasteiger partial charge is 0.372 e. The molecule has 0 rings (SSSR count). The van der Waals surface area contributed by atoms with Gasteiger partial charge in [0, 0.05) is 6.92 Å². The summed E-state index contributed by atoms with van der Waals surface area (Å²) in [7, 11) is -3.51. The van der Waals surface area contributed by atoms with E-state index in [0.29, 0.717) is 0 Å². The van der Waals surface area contributed by atoms with Crippen LogP contribution in [-0.2, 0) is 23.1 Å². The third kappa shape index (κ3) is 4.61. The van der Waals surface area contributed by atoms with Crippen molar-refractivity contribution in [2.75, 3.05) is 13.2 Å². The van der Waals surface area contributed by atoms with Crippen molar-refractivity contribution in [2.45, 2.75) is 39.6 Å². The van der Waals surface area contributed by atoms with Gasteiger partial charge in [-0.25, -0.2) is 0 Å². The highest BCUT2D eigenvalue weighted by Gasteiger charge is 2.40. The van der Waals surface area contributed by atoms with Crippen molar-refractivity contribution in [3.05, 3.63) is 0 Å². The molecule has 0 aliphatic carbocycles. The Labute approximate surface area is 96.0 Å². The average Bonchev–Trinajstić information content (AvgIpc) is 2.14. The summed E-state index contributed by atoms with van der Waals surface area (Å²) >= 11 is 0. The second-order valence-corrected chi connectivity index (χ2v) is 5.34. The number of carbonyl (C=O) groups excluding carboxylic acids is 1. The first kappa shape index (κ1) is 15.6. The number of carbonyl (C=O) groups is 1. The molecule has 0 radical (unpaired) electrons. The minimum Gasteiger partial charge on any atom is -0.448 e. The molecule has 2 atom stereocenters. The van der Waals surface area contributed by atoms with Crippen LogP contribution in [0.25, 0.3) is 0 Å². The SMILES string of the molecule is CCOP(=O)(OCC)[C@H](OC(C)=O)[C@@H](C)N. The summed E-state index contributed by atoms with van der Waals surface area (Å²) in [6.45, 7) is 6.55. The van der Waals surface area contributed by atoms with E-state index >= 15 is 0 Å². The zero-order chi connectivity index (χ0) is 12.8. The van der Waals surface area contributed by atoms with Crippen LogP contribution in [0, 0.1) is 0 Å². The summed E-state index contributed by atoms with van der Waals surface area (Å²) in [5.74, 6) is -1.63. The van der Waals surface area contributed by atoms with Crippen LogP contribution in [0.3, 0.4) is 0 Å². The molecule has 0 unspecified atom stereocenters. The fourth-order valence-electron chi connectivity index (χ4n) is 1.17. The van der Waals surface area contributed by atoms with Gasteiger partial charge in [-0.2, -0.15) is 0 Å². The van der Waals surface area contributed by atoms with Crippen molar-refractivity contribution >= 4 is 13.6 Å². The van der Waals surface area contributed by atoms with Crippen molar-refractivity contribution in [3.8, 4) is 0 Å². The summed E-state index contributed by atoms with van der Waals surface area (Å²) < 4.78 is 27.3. The molecule has 16 heavy (non-hydrogen) atoms. The van der Waals surface area contributed by atoms with E-state index in [1.807, 2.05) is 0 Å². The van der Waals surface area contributed by atoms with Gasteiger partial charge in [0.25, 0.3) is 0 Å². The number of hydrogen-bond donors (Lipinski definition) is 1. The minimum atomic E-state index is -3.51. The largest absolute Gasteiger partial charge is 0.448 e. The van der Waals surface area contributed by atoms with Gasteiger partial charge in [0.05, 0.1) is 19.3 Å². The highest BCUT2D eigenvalue weighted by atomic mass is 31.2. The first-order valence-electron chi connectivity index (χ1n) is 5.19. The Hall–Kier alpha value is -0.420. The monoisotopic (exact) mass is 253 g/mol. The lowest BCUT2D eigenvalue weighted by atomic mass is 10.4. The van der Waals surface area contributed by atoms with E-state index in [2.05, 4.69) is 0 Å². The molecule has 6 nitrogen and oxygen atoms in total. The summed E-state index contributed by atoms with van der Waals surface area (Å²) in [5, 5.41) is 0. The van der Waals surface area contributed by atoms with Crippen LogP contribution in [0.2, 0.25) is 0 Å². The first-order valence-corrected chi connectivity index (χ1v) is 6.80. The second kappa shape index (κ2) is 7.01. The van der Waals surface area contributed by atoms with Crippen LogP contribution in [0.5, 0.6) is 0 Å². The van der Waals surface area contributed by atoms with Gasteiger partial charge < -0.3 is 19.5 Å². The Morgan fingerprint density at radius 2 is 1.75 bits per heavy atom. The van der Waals surface area contributed by atoms with Crippen LogP contribution in [-0.4, -0.2) is 31.1 Å². The molecule has 96 valence electrons. The van der Waals surface area contributed by atoms with Crippen LogP contribution in [0.15, 0.2) is 0 Å². The molecule has 0 saturated heterocycles. The molecule has 0 bridgehead atoms. The van der Waals surface area contributed by atoms with Gasteiger partial charge in [-0.1, -0.05) is 0 Å². The highest BCUT2D eigenvalue weighted by molar-refractivity contribution is 7.54. The first-order chi connectivity index (χ1) is 7.37. The quantitative estimate of drug-likeness (QED) is 0.546. The number of nitrogens with two attached hydrogens (primary N) is 1. The van der Waals surface area contributed by atoms with E-state index in [1.54, 1.807) is 20.8 Å². The molecule has 2 N–H and O–H groups in total. The average molecular weight is 253 g/mol. The summed E-state index contributed by atoms with van der Waals surface area (Å²) in [5.41, 5.74) is 5.62. The number of ether oxygens (including phenoxy) is 1. The zero-order valence-corrected chi connectivity index (χ0v) is 11.0. The Balaban J connectivity index is 4.93. The van der Waals surface area contributed by atoms with Crippen LogP contribution in [0.4, 0.5) is 0 Å². The van der Waals surface area contributed by atoms with Crippen molar-refractivity contribution in [2.24, 2.45) is 5.73 Å². The fourth-order valence-corrected chi connectivity index (χ4v) is 3.12. The fraction of sp³-hybridized carbons (Fsp3) is 0.889. The molecule has 0 heterocycles. The minimum absolute atomic E-state index is 0.196. The van der Waals surface area contributed by atoms with Gasteiger partial charge in [-0.15, -0.1) is 0 Å². The van der Waals surface area contributed by atoms with Gasteiger partial charge in [0.1, 0.15) is 0 Å². The lowest BCUT2D eigenvalue weighted by Gasteiger charge is -2.27. The molecular weight excluding hydrogens is 233 g/mol. The zero-order valence-electron chi connectivity index (χ0n) is 10.1. The predicted octanol–water partition coefficient (Wildman–Crippen LogP) is 1.49. The van der Waals surface area contributed by atoms with Gasteiger partial charge in [0.15, 0.2) is 0 Å². The summed E-state index contributed by atoms with van der Waals surface area (Å²) in [6.07, 6.45) is 0. The van der Waals surface area contributed by atoms with E-state index in [9.17, 15) is 9.36 Å². The van der Waals surface area contributed by atoms with Crippen molar-refractivity contribution in [1.82, 2.24) is 0 Å². The normalized spacial score (nSPS) is 15.6. The highest BCUT2D eigenvalue weighted by Crippen LogP contribution is 2.54. The molecule has 0 aromatic carbocycles. The molecule has 0 fully saturated rings. The topological polar surface area (TPSA) is 87.9 Å². The summed E-state index contributed by atoms with van der Waals surface area (Å²) in [4.78, 5) is 10.9. The lowest BCUT2D eigenvalue weighted by Crippen LogP contribution is -2.36. The predicted molar refractivity (Wildman–Crippen MR) is 60.1 cm³/mol. The number of esters is 1. The number of hydrogen-bond acceptors (Lipinski definition) is 6. The Morgan fingerprint density at radius 1 is 1.31 bits per heavy atom. The Bertz CT molecular complexity index is 259. The van der Waals surface area contributed by atoms with E-state index in [1.165, 1.54) is 6.92 Å². The van der Waals surface area contributed by atoms with Crippen molar-refractivity contribution < 1.29 is 23.1 Å². The van der Waals surface area contributed by atoms with Crippen LogP contribution >= 0.6 is 7.60 Å². The Kier molecular flexibility index (Phi) is 6.83. The van der Waals surface area contributed by atoms with Crippen molar-refractivity contribution in [3.63, 3.8) is 0 Å². The van der Waals surface area contributed by atoms with Gasteiger partial charge in [-0.05, 0) is 20.8 Å². The molecule has 0 aliphatic rings. The van der Waals surface area contributed by atoms with E-state index in [0.717, 1.165) is 0 Å². The molecule has 0 spiro atoms. The molecule has 7 heteroatoms. The standard InChI is InChI=1S/C9H20NO5P/c1-5-13-16(12,14-6-2)9(7(3)10)15-8(4)11/h7,9H,5-6,10H2,1-4H3/t7-,9+/m1/s1. The molecule has 0 amide bonds. The molecule has 0 saturated carbocycles. The van der Waals surface area contributed by atoms with Gasteiger partial charge >= 0.3 is 13.6 Å². The maximum Gasteiger partial charge on any atom is 0.372 e. The molecule has 0 aromatic heterocycles. The van der Waals surface area contributed by atoms with Crippen LogP contribution in [0.1, 0.15) is 27.7 Å². The van der Waals surface area contributed by atoms with E-state index in [4.69, 9.17) is 19.5 Å². The maximum atomic E-state index is 12.3.